The summed E-state index contributed by atoms with van der Waals surface area (Å²) in [6, 6.07) is 15.5. The van der Waals surface area contributed by atoms with Crippen molar-refractivity contribution in [2.45, 2.75) is 135 Å². The molecule has 14 heteroatoms. The van der Waals surface area contributed by atoms with Crippen LogP contribution < -0.4 is 10.2 Å². The Morgan fingerprint density at radius 1 is 0.909 bits per heavy atom. The van der Waals surface area contributed by atoms with E-state index in [0.717, 1.165) is 63.6 Å². The lowest BCUT2D eigenvalue weighted by atomic mass is 9.76. The van der Waals surface area contributed by atoms with Crippen LogP contribution in [-0.4, -0.2) is 97.4 Å². The molecule has 12 nitrogen and oxygen atoms in total. The SMILES string of the molecule is C=C(N[C@@H](C)c1ccc(-c2scnc2C)cc1)[C@@H]1C[C@@H](O)CN1C(=O)[C@@H](CC(=O)CCCCCC[C@@H](C(=O)N1CCN(c2ncnc3c2[C@H](C)C[C@H]3O)CC1)c1ccc(Cl)cc1)C(C)(C)C. The Morgan fingerprint density at radius 3 is 2.26 bits per heavy atom. The first-order chi connectivity index (χ1) is 31.5. The number of fused-ring (bicyclic) bond motifs is 1. The van der Waals surface area contributed by atoms with E-state index in [1.807, 2.05) is 62.4 Å². The maximum absolute atomic E-state index is 14.4. The van der Waals surface area contributed by atoms with Crippen LogP contribution in [0.15, 0.2) is 72.6 Å². The Bertz CT molecular complexity index is 2320. The number of halogens is 1. The van der Waals surface area contributed by atoms with E-state index in [0.29, 0.717) is 69.0 Å². The molecule has 2 fully saturated rings. The molecule has 2 amide bonds. The van der Waals surface area contributed by atoms with Crippen molar-refractivity contribution in [3.8, 4) is 10.4 Å². The number of amides is 2. The molecule has 0 radical (unpaired) electrons. The van der Waals surface area contributed by atoms with Gasteiger partial charge in [0.05, 0.1) is 45.9 Å². The number of aliphatic hydroxyl groups is 2. The highest BCUT2D eigenvalue weighted by atomic mass is 35.5. The number of β-amino-alcohol motifs (C(OH)–C–C–N with tert-alkyl or cyclic N) is 1. The van der Waals surface area contributed by atoms with E-state index in [-0.39, 0.29) is 48.4 Å². The van der Waals surface area contributed by atoms with Gasteiger partial charge in [-0.2, -0.15) is 0 Å². The highest BCUT2D eigenvalue weighted by Crippen LogP contribution is 2.43. The minimum Gasteiger partial charge on any atom is -0.391 e. The predicted molar refractivity (Wildman–Crippen MR) is 262 cm³/mol. The van der Waals surface area contributed by atoms with Crippen molar-refractivity contribution in [2.24, 2.45) is 11.3 Å². The normalized spacial score (nSPS) is 21.1. The van der Waals surface area contributed by atoms with Crippen molar-refractivity contribution in [3.63, 3.8) is 0 Å². The second kappa shape index (κ2) is 21.5. The van der Waals surface area contributed by atoms with Crippen LogP contribution >= 0.6 is 22.9 Å². The maximum atomic E-state index is 14.4. The number of aromatic nitrogens is 3. The van der Waals surface area contributed by atoms with Crippen LogP contribution in [0.3, 0.4) is 0 Å². The molecular formula is C52H68ClN7O5S. The number of hydrogen-bond donors (Lipinski definition) is 3. The van der Waals surface area contributed by atoms with Crippen LogP contribution in [0.5, 0.6) is 0 Å². The lowest BCUT2D eigenvalue weighted by Gasteiger charge is -2.38. The number of carbonyl (C=O) groups is 3. The molecule has 2 aromatic carbocycles. The molecule has 1 aliphatic carbocycles. The number of anilines is 1. The van der Waals surface area contributed by atoms with Crippen molar-refractivity contribution in [3.05, 3.63) is 106 Å². The quantitative estimate of drug-likeness (QED) is 0.0824. The Morgan fingerprint density at radius 2 is 1.59 bits per heavy atom. The Kier molecular flexibility index (Phi) is 16.0. The summed E-state index contributed by atoms with van der Waals surface area (Å²) in [7, 11) is 0. The number of rotatable bonds is 18. The number of thiazole rings is 1. The first-order valence-corrected chi connectivity index (χ1v) is 25.0. The fourth-order valence-corrected chi connectivity index (χ4v) is 11.0. The summed E-state index contributed by atoms with van der Waals surface area (Å²) in [5, 5.41) is 25.5. The van der Waals surface area contributed by atoms with Gasteiger partial charge >= 0.3 is 0 Å². The van der Waals surface area contributed by atoms with Crippen molar-refractivity contribution < 1.29 is 24.6 Å². The summed E-state index contributed by atoms with van der Waals surface area (Å²) >= 11 is 7.88. The van der Waals surface area contributed by atoms with Gasteiger partial charge in [-0.3, -0.25) is 14.4 Å². The largest absolute Gasteiger partial charge is 0.391 e. The second-order valence-electron chi connectivity index (χ2n) is 19.9. The molecule has 2 saturated heterocycles. The van der Waals surface area contributed by atoms with Crippen LogP contribution in [0.1, 0.15) is 144 Å². The van der Waals surface area contributed by atoms with Gasteiger partial charge in [-0.1, -0.05) is 102 Å². The van der Waals surface area contributed by atoms with Crippen molar-refractivity contribution >= 4 is 46.4 Å². The van der Waals surface area contributed by atoms with Crippen LogP contribution in [0.2, 0.25) is 5.02 Å². The van der Waals surface area contributed by atoms with Gasteiger partial charge in [0, 0.05) is 80.2 Å². The number of aryl methyl sites for hydroxylation is 1. The van der Waals surface area contributed by atoms with E-state index >= 15 is 0 Å². The summed E-state index contributed by atoms with van der Waals surface area (Å²) in [4.78, 5) is 62.6. The van der Waals surface area contributed by atoms with E-state index in [4.69, 9.17) is 11.6 Å². The molecule has 0 bridgehead atoms. The van der Waals surface area contributed by atoms with Gasteiger partial charge in [0.15, 0.2) is 0 Å². The lowest BCUT2D eigenvalue weighted by molar-refractivity contribution is -0.142. The zero-order valence-electron chi connectivity index (χ0n) is 39.5. The number of aliphatic hydroxyl groups excluding tert-OH is 2. The number of hydrogen-bond acceptors (Lipinski definition) is 11. The molecule has 66 heavy (non-hydrogen) atoms. The van der Waals surface area contributed by atoms with Crippen LogP contribution in [0.25, 0.3) is 10.4 Å². The number of likely N-dealkylation sites (tertiary alicyclic amines) is 1. The maximum Gasteiger partial charge on any atom is 0.230 e. The molecule has 2 aliphatic heterocycles. The molecule has 4 heterocycles. The average molecular weight is 939 g/mol. The van der Waals surface area contributed by atoms with Gasteiger partial charge < -0.3 is 30.2 Å². The third-order valence-electron chi connectivity index (χ3n) is 14.0. The average Bonchev–Trinajstić information content (AvgIpc) is 4.00. The zero-order valence-corrected chi connectivity index (χ0v) is 41.1. The van der Waals surface area contributed by atoms with E-state index in [9.17, 15) is 24.6 Å². The van der Waals surface area contributed by atoms with E-state index < -0.39 is 29.6 Å². The number of ketones is 1. The number of benzene rings is 2. The molecule has 7 atom stereocenters. The Labute approximate surface area is 399 Å². The van der Waals surface area contributed by atoms with E-state index in [2.05, 4.69) is 69.9 Å². The molecule has 0 unspecified atom stereocenters. The molecule has 3 aliphatic rings. The summed E-state index contributed by atoms with van der Waals surface area (Å²) in [5.74, 6) is 0.238. The van der Waals surface area contributed by atoms with Crippen molar-refractivity contribution in [1.82, 2.24) is 30.1 Å². The first kappa shape index (κ1) is 49.2. The van der Waals surface area contributed by atoms with Crippen LogP contribution in [0.4, 0.5) is 5.82 Å². The minimum atomic E-state index is -0.679. The third kappa shape index (κ3) is 11.5. The van der Waals surface area contributed by atoms with Gasteiger partial charge in [0.2, 0.25) is 11.8 Å². The van der Waals surface area contributed by atoms with Crippen molar-refractivity contribution in [2.75, 3.05) is 37.6 Å². The van der Waals surface area contributed by atoms with Crippen LogP contribution in [0, 0.1) is 18.3 Å². The molecule has 3 N–H and O–H groups in total. The summed E-state index contributed by atoms with van der Waals surface area (Å²) in [5.41, 5.74) is 7.97. The molecule has 0 spiro atoms. The first-order valence-electron chi connectivity index (χ1n) is 23.8. The fourth-order valence-electron chi connectivity index (χ4n) is 10.1. The van der Waals surface area contributed by atoms with Gasteiger partial charge in [-0.25, -0.2) is 15.0 Å². The number of nitrogens with one attached hydrogen (secondary N) is 1. The molecule has 2 aromatic heterocycles. The van der Waals surface area contributed by atoms with Gasteiger partial charge in [0.1, 0.15) is 17.9 Å². The number of Topliss-reactive ketones (excluding diaryl/α,β-unsaturated/α-hetero) is 1. The number of piperazine rings is 1. The Balaban J connectivity index is 0.888. The lowest BCUT2D eigenvalue weighted by Crippen LogP contribution is -2.50. The summed E-state index contributed by atoms with van der Waals surface area (Å²) < 4.78 is 0. The second-order valence-corrected chi connectivity index (χ2v) is 21.1. The molecule has 354 valence electrons. The van der Waals surface area contributed by atoms with Crippen LogP contribution in [-0.2, 0) is 14.4 Å². The van der Waals surface area contributed by atoms with Crippen molar-refractivity contribution in [1.29, 1.82) is 0 Å². The molecule has 0 saturated carbocycles. The number of nitrogens with zero attached hydrogens (tertiary/aromatic N) is 6. The molecular weight excluding hydrogens is 870 g/mol. The number of carbonyl (C=O) groups excluding carboxylic acids is 3. The van der Waals surface area contributed by atoms with Gasteiger partial charge in [-0.15, -0.1) is 11.3 Å². The highest BCUT2D eigenvalue weighted by molar-refractivity contribution is 7.13. The third-order valence-corrected chi connectivity index (χ3v) is 15.2. The summed E-state index contributed by atoms with van der Waals surface area (Å²) in [6.07, 6.45) is 5.79. The summed E-state index contributed by atoms with van der Waals surface area (Å²) in [6.45, 7) is 19.2. The van der Waals surface area contributed by atoms with E-state index in [1.165, 1.54) is 6.33 Å². The van der Waals surface area contributed by atoms with E-state index in [1.54, 1.807) is 16.2 Å². The zero-order chi connectivity index (χ0) is 47.3. The molecule has 4 aromatic rings. The Hall–Kier alpha value is -4.69. The monoisotopic (exact) mass is 937 g/mol. The highest BCUT2D eigenvalue weighted by Gasteiger charge is 2.43. The standard InChI is InChI=1S/C52H68ClN7O5S/c1-32-26-45(63)47-46(32)49(55-30-54-47)58-22-24-59(25-23-58)50(64)42(37-18-20-39(53)21-19-37)13-11-9-8-10-12-40(61)27-43(52(5,6)7)51(65)60-29-41(62)28-44(60)34(3)57-33(2)36-14-16-38(17-15-36)48-35(4)56-31-66-48/h14-21,30-33,41-45,57,62-63H,3,8-13,22-29H2,1-2,4-7H3/t32-,33+,41-,42-,43-,44+,45-/m1/s1. The van der Waals surface area contributed by atoms with Gasteiger partial charge in [-0.05, 0) is 73.3 Å². The predicted octanol–water partition coefficient (Wildman–Crippen LogP) is 9.32. The molecule has 7 rings (SSSR count). The minimum absolute atomic E-state index is 0.0630. The smallest absolute Gasteiger partial charge is 0.230 e. The number of unbranched alkanes of at least 4 members (excludes halogenated alkanes) is 3. The fraction of sp³-hybridized carbons (Fsp3) is 0.538. The van der Waals surface area contributed by atoms with Gasteiger partial charge in [0.25, 0.3) is 0 Å². The topological polar surface area (TPSA) is 152 Å².